The number of hydrogen-bond donors (Lipinski definition) is 0. The maximum absolute atomic E-state index is 13.1. The van der Waals surface area contributed by atoms with Gasteiger partial charge in [0.05, 0.1) is 7.11 Å². The van der Waals surface area contributed by atoms with Crippen molar-refractivity contribution in [3.63, 3.8) is 0 Å². The van der Waals surface area contributed by atoms with Crippen molar-refractivity contribution < 1.29 is 13.9 Å². The van der Waals surface area contributed by atoms with Crippen molar-refractivity contribution in [2.45, 2.75) is 4.84 Å². The molecule has 0 radical (unpaired) electrons. The van der Waals surface area contributed by atoms with Crippen LogP contribution in [0.1, 0.15) is 10.4 Å². The molecule has 1 aromatic rings. The van der Waals surface area contributed by atoms with E-state index < -0.39 is 16.4 Å². The number of rotatable bonds is 3. The van der Waals surface area contributed by atoms with Crippen molar-refractivity contribution >= 4 is 29.0 Å². The molecule has 0 aliphatic heterocycles. The average Bonchev–Trinajstić information content (AvgIpc) is 2.16. The molecule has 0 aliphatic carbocycles. The van der Waals surface area contributed by atoms with Crippen LogP contribution >= 0.6 is 23.2 Å². The minimum Gasteiger partial charge on any atom is -0.494 e. The number of alkyl halides is 2. The molecule has 0 amide bonds. The van der Waals surface area contributed by atoms with Crippen LogP contribution in [0.3, 0.4) is 0 Å². The molecule has 0 fully saturated rings. The second kappa shape index (κ2) is 4.62. The zero-order chi connectivity index (χ0) is 10.7. The van der Waals surface area contributed by atoms with Gasteiger partial charge in [0, 0.05) is 5.56 Å². The number of ether oxygens (including phenoxy) is 1. The maximum atomic E-state index is 13.1. The zero-order valence-corrected chi connectivity index (χ0v) is 8.77. The Labute approximate surface area is 90.6 Å². The maximum Gasteiger partial charge on any atom is 0.195 e. The fraction of sp³-hybridized carbons (Fsp3) is 0.222. The van der Waals surface area contributed by atoms with E-state index in [0.717, 1.165) is 6.07 Å². The van der Waals surface area contributed by atoms with Crippen LogP contribution < -0.4 is 4.74 Å². The lowest BCUT2D eigenvalue weighted by molar-refractivity contribution is 0.101. The first-order chi connectivity index (χ1) is 6.56. The van der Waals surface area contributed by atoms with E-state index >= 15 is 0 Å². The van der Waals surface area contributed by atoms with Gasteiger partial charge in [-0.25, -0.2) is 4.39 Å². The van der Waals surface area contributed by atoms with Crippen molar-refractivity contribution in [3.8, 4) is 5.75 Å². The molecule has 0 unspecified atom stereocenters. The smallest absolute Gasteiger partial charge is 0.195 e. The molecular weight excluding hydrogens is 230 g/mol. The number of hydrogen-bond acceptors (Lipinski definition) is 2. The lowest BCUT2D eigenvalue weighted by Crippen LogP contribution is -2.08. The normalized spacial score (nSPS) is 10.4. The average molecular weight is 237 g/mol. The van der Waals surface area contributed by atoms with Gasteiger partial charge in [-0.05, 0) is 18.2 Å². The van der Waals surface area contributed by atoms with E-state index in [2.05, 4.69) is 4.74 Å². The number of carbonyl (C=O) groups is 1. The summed E-state index contributed by atoms with van der Waals surface area (Å²) in [5, 5.41) is 0. The van der Waals surface area contributed by atoms with Gasteiger partial charge in [-0.1, -0.05) is 23.2 Å². The Morgan fingerprint density at radius 3 is 2.57 bits per heavy atom. The van der Waals surface area contributed by atoms with Gasteiger partial charge < -0.3 is 4.74 Å². The molecule has 2 nitrogen and oxygen atoms in total. The molecule has 0 heterocycles. The molecule has 0 saturated carbocycles. The number of Topliss-reactive ketones (excluding diaryl/α,β-unsaturated/α-hetero) is 1. The van der Waals surface area contributed by atoms with E-state index in [9.17, 15) is 9.18 Å². The summed E-state index contributed by atoms with van der Waals surface area (Å²) in [5.41, 5.74) is 0.123. The van der Waals surface area contributed by atoms with Crippen LogP contribution in [-0.4, -0.2) is 17.7 Å². The van der Waals surface area contributed by atoms with Gasteiger partial charge in [0.15, 0.2) is 22.2 Å². The monoisotopic (exact) mass is 236 g/mol. The molecule has 5 heteroatoms. The third-order valence-electron chi connectivity index (χ3n) is 1.63. The standard InChI is InChI=1S/C9H7Cl2FO2/c1-14-7-3-2-5(4-6(7)12)8(13)9(10)11/h2-4,9H,1H3. The van der Waals surface area contributed by atoms with Crippen LogP contribution in [-0.2, 0) is 0 Å². The summed E-state index contributed by atoms with van der Waals surface area (Å²) in [5.74, 6) is -1.08. The second-order valence-electron chi connectivity index (χ2n) is 2.51. The molecule has 1 aromatic carbocycles. The van der Waals surface area contributed by atoms with Gasteiger partial charge in [0.25, 0.3) is 0 Å². The Hall–Kier alpha value is -0.800. The van der Waals surface area contributed by atoms with Gasteiger partial charge in [-0.3, -0.25) is 4.79 Å². The van der Waals surface area contributed by atoms with E-state index in [0.29, 0.717) is 0 Å². The van der Waals surface area contributed by atoms with E-state index in [4.69, 9.17) is 23.2 Å². The fourth-order valence-electron chi connectivity index (χ4n) is 0.946. The predicted octanol–water partition coefficient (Wildman–Crippen LogP) is 2.82. The molecule has 14 heavy (non-hydrogen) atoms. The summed E-state index contributed by atoms with van der Waals surface area (Å²) in [6.07, 6.45) is 0. The zero-order valence-electron chi connectivity index (χ0n) is 7.26. The molecular formula is C9H7Cl2FO2. The predicted molar refractivity (Wildman–Crippen MR) is 52.8 cm³/mol. The summed E-state index contributed by atoms with van der Waals surface area (Å²) in [7, 11) is 1.34. The lowest BCUT2D eigenvalue weighted by atomic mass is 10.1. The Kier molecular flexibility index (Phi) is 3.72. The van der Waals surface area contributed by atoms with Gasteiger partial charge in [-0.15, -0.1) is 0 Å². The summed E-state index contributed by atoms with van der Waals surface area (Å²) in [6.45, 7) is 0. The molecule has 0 bridgehead atoms. The highest BCUT2D eigenvalue weighted by Crippen LogP contribution is 2.20. The third-order valence-corrected chi connectivity index (χ3v) is 2.03. The Morgan fingerprint density at radius 1 is 1.50 bits per heavy atom. The third kappa shape index (κ3) is 2.36. The van der Waals surface area contributed by atoms with Crippen LogP contribution in [0.4, 0.5) is 4.39 Å². The number of ketones is 1. The number of benzene rings is 1. The summed E-state index contributed by atoms with van der Waals surface area (Å²) >= 11 is 10.7. The second-order valence-corrected chi connectivity index (χ2v) is 3.61. The molecule has 1 rings (SSSR count). The Morgan fingerprint density at radius 2 is 2.14 bits per heavy atom. The van der Waals surface area contributed by atoms with Crippen LogP contribution in [0.2, 0.25) is 0 Å². The largest absolute Gasteiger partial charge is 0.494 e. The van der Waals surface area contributed by atoms with Gasteiger partial charge in [-0.2, -0.15) is 0 Å². The van der Waals surface area contributed by atoms with Crippen LogP contribution in [0, 0.1) is 5.82 Å². The molecule has 76 valence electrons. The first kappa shape index (κ1) is 11.3. The van der Waals surface area contributed by atoms with Crippen LogP contribution in [0.15, 0.2) is 18.2 Å². The molecule has 0 saturated heterocycles. The molecule has 0 spiro atoms. The highest BCUT2D eigenvalue weighted by Gasteiger charge is 2.16. The lowest BCUT2D eigenvalue weighted by Gasteiger charge is -2.04. The number of carbonyl (C=O) groups excluding carboxylic acids is 1. The Bertz CT molecular complexity index is 353. The van der Waals surface area contributed by atoms with Crippen molar-refractivity contribution in [3.05, 3.63) is 29.6 Å². The summed E-state index contributed by atoms with van der Waals surface area (Å²) in [4.78, 5) is 10.0. The minimum absolute atomic E-state index is 0.0715. The molecule has 0 aromatic heterocycles. The summed E-state index contributed by atoms with van der Waals surface area (Å²) in [6, 6.07) is 3.79. The molecule has 0 aliphatic rings. The van der Waals surface area contributed by atoms with E-state index in [1.54, 1.807) is 0 Å². The SMILES string of the molecule is COc1ccc(C(=O)C(Cl)Cl)cc1F. The van der Waals surface area contributed by atoms with Crippen LogP contribution in [0.5, 0.6) is 5.75 Å². The first-order valence-corrected chi connectivity index (χ1v) is 4.59. The first-order valence-electron chi connectivity index (χ1n) is 3.72. The quantitative estimate of drug-likeness (QED) is 0.596. The van der Waals surface area contributed by atoms with Crippen molar-refractivity contribution in [2.24, 2.45) is 0 Å². The highest BCUT2D eigenvalue weighted by molar-refractivity contribution is 6.55. The molecule has 0 atom stereocenters. The number of methoxy groups -OCH3 is 1. The number of halogens is 3. The topological polar surface area (TPSA) is 26.3 Å². The van der Waals surface area contributed by atoms with Gasteiger partial charge >= 0.3 is 0 Å². The summed E-state index contributed by atoms with van der Waals surface area (Å²) < 4.78 is 17.8. The fourth-order valence-corrected chi connectivity index (χ4v) is 1.20. The van der Waals surface area contributed by atoms with E-state index in [1.807, 2.05) is 0 Å². The Balaban J connectivity index is 3.03. The highest BCUT2D eigenvalue weighted by atomic mass is 35.5. The van der Waals surface area contributed by atoms with Gasteiger partial charge in [0.2, 0.25) is 0 Å². The van der Waals surface area contributed by atoms with E-state index in [-0.39, 0.29) is 11.3 Å². The van der Waals surface area contributed by atoms with E-state index in [1.165, 1.54) is 19.2 Å². The molecule has 0 N–H and O–H groups in total. The van der Waals surface area contributed by atoms with Gasteiger partial charge in [0.1, 0.15) is 0 Å². The minimum atomic E-state index is -1.18. The van der Waals surface area contributed by atoms with Crippen molar-refractivity contribution in [2.75, 3.05) is 7.11 Å². The van der Waals surface area contributed by atoms with Crippen molar-refractivity contribution in [1.29, 1.82) is 0 Å². The van der Waals surface area contributed by atoms with Crippen molar-refractivity contribution in [1.82, 2.24) is 0 Å². The van der Waals surface area contributed by atoms with Crippen LogP contribution in [0.25, 0.3) is 0 Å².